The summed E-state index contributed by atoms with van der Waals surface area (Å²) in [6.45, 7) is 0. The van der Waals surface area contributed by atoms with Crippen molar-refractivity contribution in [1.82, 2.24) is 5.32 Å². The molecule has 154 valence electrons. The number of rotatable bonds is 5. The van der Waals surface area contributed by atoms with Crippen LogP contribution in [0.2, 0.25) is 0 Å². The maximum atomic E-state index is 13.0. The normalized spacial score (nSPS) is 20.2. The Labute approximate surface area is 175 Å². The number of amides is 2. The van der Waals surface area contributed by atoms with Crippen LogP contribution in [-0.4, -0.2) is 17.3 Å². The van der Waals surface area contributed by atoms with Crippen molar-refractivity contribution in [1.29, 1.82) is 0 Å². The molecule has 1 aromatic heterocycles. The molecule has 4 N–H and O–H groups in total. The number of nitrogens with one attached hydrogen (secondary N) is 2. The SMILES string of the molecule is CN[C@H](c1ccc(S(N)(=O)=NC(=O)Nc2c3c(cc4c2CC4)CCC3)s1)C1CC1. The first-order chi connectivity index (χ1) is 14.0. The Hall–Kier alpha value is -1.74. The van der Waals surface area contributed by atoms with Gasteiger partial charge in [0.25, 0.3) is 0 Å². The third-order valence-corrected chi connectivity index (χ3v) is 9.38. The summed E-state index contributed by atoms with van der Waals surface area (Å²) in [6, 6.07) is 5.62. The van der Waals surface area contributed by atoms with Crippen molar-refractivity contribution in [3.63, 3.8) is 0 Å². The molecular weight excluding hydrogens is 404 g/mol. The van der Waals surface area contributed by atoms with Gasteiger partial charge in [0.1, 0.15) is 4.21 Å². The summed E-state index contributed by atoms with van der Waals surface area (Å²) in [5.41, 5.74) is 5.96. The Morgan fingerprint density at radius 1 is 1.21 bits per heavy atom. The molecule has 1 fully saturated rings. The molecule has 6 nitrogen and oxygen atoms in total. The molecule has 0 saturated heterocycles. The molecule has 0 aliphatic heterocycles. The van der Waals surface area contributed by atoms with E-state index in [4.69, 9.17) is 5.14 Å². The predicted octanol–water partition coefficient (Wildman–Crippen LogP) is 3.94. The minimum Gasteiger partial charge on any atom is -0.312 e. The highest BCUT2D eigenvalue weighted by Crippen LogP contribution is 2.43. The number of nitrogens with zero attached hydrogens (tertiary/aromatic N) is 1. The van der Waals surface area contributed by atoms with Gasteiger partial charge in [-0.1, -0.05) is 6.07 Å². The summed E-state index contributed by atoms with van der Waals surface area (Å²) in [6.07, 6.45) is 7.57. The van der Waals surface area contributed by atoms with E-state index in [0.29, 0.717) is 10.1 Å². The third-order valence-electron chi connectivity index (χ3n) is 6.30. The molecule has 0 bridgehead atoms. The Bertz CT molecular complexity index is 1110. The molecule has 2 amide bonds. The van der Waals surface area contributed by atoms with Crippen LogP contribution in [0.15, 0.2) is 26.8 Å². The Morgan fingerprint density at radius 3 is 2.66 bits per heavy atom. The molecule has 1 saturated carbocycles. The van der Waals surface area contributed by atoms with Crippen LogP contribution in [0.4, 0.5) is 10.5 Å². The van der Waals surface area contributed by atoms with Crippen molar-refractivity contribution < 1.29 is 9.00 Å². The molecule has 0 radical (unpaired) electrons. The number of hydrogen-bond acceptors (Lipinski definition) is 4. The van der Waals surface area contributed by atoms with Crippen molar-refractivity contribution >= 4 is 33.0 Å². The van der Waals surface area contributed by atoms with Crippen LogP contribution in [0.5, 0.6) is 0 Å². The molecule has 3 aliphatic carbocycles. The van der Waals surface area contributed by atoms with Gasteiger partial charge in [-0.05, 0) is 92.3 Å². The maximum absolute atomic E-state index is 13.0. The van der Waals surface area contributed by atoms with Crippen molar-refractivity contribution in [2.45, 2.75) is 55.2 Å². The first kappa shape index (κ1) is 19.2. The molecule has 1 aromatic carbocycles. The lowest BCUT2D eigenvalue weighted by Gasteiger charge is -2.25. The highest BCUT2D eigenvalue weighted by atomic mass is 32.2. The topological polar surface area (TPSA) is 96.6 Å². The lowest BCUT2D eigenvalue weighted by Crippen LogP contribution is -2.20. The molecule has 0 spiro atoms. The van der Waals surface area contributed by atoms with Crippen LogP contribution in [0, 0.1) is 5.92 Å². The number of carbonyl (C=O) groups is 1. The molecule has 1 unspecified atom stereocenters. The first-order valence-electron chi connectivity index (χ1n) is 10.3. The van der Waals surface area contributed by atoms with E-state index in [1.165, 1.54) is 46.4 Å². The van der Waals surface area contributed by atoms with E-state index < -0.39 is 15.9 Å². The summed E-state index contributed by atoms with van der Waals surface area (Å²) in [5.74, 6) is 0.624. The van der Waals surface area contributed by atoms with Gasteiger partial charge in [0.05, 0.1) is 0 Å². The number of fused-ring (bicyclic) bond motifs is 2. The van der Waals surface area contributed by atoms with Gasteiger partial charge in [0, 0.05) is 16.6 Å². The Kier molecular flexibility index (Phi) is 4.77. The molecule has 29 heavy (non-hydrogen) atoms. The average Bonchev–Trinajstić information content (AvgIpc) is 3.16. The molecule has 8 heteroatoms. The van der Waals surface area contributed by atoms with Crippen molar-refractivity contribution in [3.8, 4) is 0 Å². The Balaban J connectivity index is 1.40. The zero-order valence-electron chi connectivity index (χ0n) is 16.5. The average molecular weight is 431 g/mol. The van der Waals surface area contributed by atoms with Crippen LogP contribution < -0.4 is 15.8 Å². The van der Waals surface area contributed by atoms with Gasteiger partial charge in [0.15, 0.2) is 9.92 Å². The molecular formula is C21H26N4O2S2. The van der Waals surface area contributed by atoms with Gasteiger partial charge >= 0.3 is 6.03 Å². The van der Waals surface area contributed by atoms with E-state index in [-0.39, 0.29) is 6.04 Å². The second kappa shape index (κ2) is 7.19. The van der Waals surface area contributed by atoms with Gasteiger partial charge in [-0.2, -0.15) is 0 Å². The van der Waals surface area contributed by atoms with Gasteiger partial charge in [-0.25, -0.2) is 14.1 Å². The van der Waals surface area contributed by atoms with Gasteiger partial charge in [-0.15, -0.1) is 15.7 Å². The van der Waals surface area contributed by atoms with E-state index in [9.17, 15) is 9.00 Å². The summed E-state index contributed by atoms with van der Waals surface area (Å²) in [4.78, 5) is 13.8. The number of urea groups is 1. The van der Waals surface area contributed by atoms with Gasteiger partial charge < -0.3 is 10.6 Å². The zero-order valence-corrected chi connectivity index (χ0v) is 18.1. The summed E-state index contributed by atoms with van der Waals surface area (Å²) >= 11 is 1.39. The van der Waals surface area contributed by atoms with Gasteiger partial charge in [-0.3, -0.25) is 0 Å². The van der Waals surface area contributed by atoms with Crippen molar-refractivity contribution in [3.05, 3.63) is 45.3 Å². The highest BCUT2D eigenvalue weighted by molar-refractivity contribution is 7.93. The standard InChI is InChI=1S/C21H26N4O2S2/c1-23-19(12-5-6-12)17-9-10-18(28-17)29(22,27)25-21(26)24-20-15-4-2-3-13(15)11-14-7-8-16(14)20/h9-12,19,23H,2-8H2,1H3,(H3,22,24,25,26,27)/t19-,29?/m0/s1. The van der Waals surface area contributed by atoms with Crippen molar-refractivity contribution in [2.75, 3.05) is 12.4 Å². The van der Waals surface area contributed by atoms with Crippen molar-refractivity contribution in [2.24, 2.45) is 15.4 Å². The van der Waals surface area contributed by atoms with Crippen LogP contribution in [0.1, 0.15) is 52.4 Å². The van der Waals surface area contributed by atoms with E-state index in [2.05, 4.69) is 21.1 Å². The van der Waals surface area contributed by atoms with E-state index in [1.54, 1.807) is 6.07 Å². The first-order valence-corrected chi connectivity index (χ1v) is 12.6. The second-order valence-corrected chi connectivity index (χ2v) is 11.4. The van der Waals surface area contributed by atoms with Crippen LogP contribution in [-0.2, 0) is 35.6 Å². The molecule has 1 heterocycles. The third kappa shape index (κ3) is 3.52. The zero-order chi connectivity index (χ0) is 20.2. The molecule has 2 atom stereocenters. The highest BCUT2D eigenvalue weighted by Gasteiger charge is 2.32. The largest absolute Gasteiger partial charge is 0.354 e. The number of nitrogens with two attached hydrogens (primary N) is 1. The fourth-order valence-corrected chi connectivity index (χ4v) is 7.06. The Morgan fingerprint density at radius 2 is 1.97 bits per heavy atom. The lowest BCUT2D eigenvalue weighted by atomic mass is 9.83. The van der Waals surface area contributed by atoms with E-state index in [0.717, 1.165) is 42.7 Å². The smallest absolute Gasteiger partial charge is 0.312 e. The number of thiophene rings is 1. The molecule has 2 aromatic rings. The lowest BCUT2D eigenvalue weighted by molar-refractivity contribution is 0.260. The minimum absolute atomic E-state index is 0.253. The van der Waals surface area contributed by atoms with E-state index in [1.807, 2.05) is 13.1 Å². The maximum Gasteiger partial charge on any atom is 0.354 e. The molecule has 5 rings (SSSR count). The van der Waals surface area contributed by atoms with Crippen LogP contribution in [0.3, 0.4) is 0 Å². The minimum atomic E-state index is -3.27. The van der Waals surface area contributed by atoms with Crippen LogP contribution in [0.25, 0.3) is 0 Å². The number of anilines is 1. The fraction of sp³-hybridized carbons (Fsp3) is 0.476. The number of benzene rings is 1. The quantitative estimate of drug-likeness (QED) is 0.670. The molecule has 3 aliphatic rings. The fourth-order valence-electron chi connectivity index (χ4n) is 4.59. The summed E-state index contributed by atoms with van der Waals surface area (Å²) in [5, 5.41) is 12.3. The summed E-state index contributed by atoms with van der Waals surface area (Å²) < 4.78 is 17.4. The summed E-state index contributed by atoms with van der Waals surface area (Å²) in [7, 11) is -1.33. The number of aryl methyl sites for hydroxylation is 2. The monoisotopic (exact) mass is 430 g/mol. The number of carbonyl (C=O) groups excluding carboxylic acids is 1. The number of hydrogen-bond donors (Lipinski definition) is 3. The predicted molar refractivity (Wildman–Crippen MR) is 117 cm³/mol. The van der Waals surface area contributed by atoms with Gasteiger partial charge in [0.2, 0.25) is 0 Å². The van der Waals surface area contributed by atoms with E-state index >= 15 is 0 Å². The second-order valence-electron chi connectivity index (χ2n) is 8.23. The van der Waals surface area contributed by atoms with Crippen LogP contribution >= 0.6 is 11.3 Å².